The first-order valence-corrected chi connectivity index (χ1v) is 16.6. The molecule has 0 saturated carbocycles. The van der Waals surface area contributed by atoms with Gasteiger partial charge in [0.2, 0.25) is 17.8 Å². The number of hydrogen-bond acceptors (Lipinski definition) is 13. The molecule has 1 fully saturated rings. The molecule has 7 rings (SSSR count). The van der Waals surface area contributed by atoms with E-state index in [0.29, 0.717) is 37.0 Å². The van der Waals surface area contributed by atoms with Crippen molar-refractivity contribution in [3.63, 3.8) is 0 Å². The van der Waals surface area contributed by atoms with Crippen LogP contribution in [0.15, 0.2) is 12.4 Å². The summed E-state index contributed by atoms with van der Waals surface area (Å²) in [4.78, 5) is 55.2. The minimum absolute atomic E-state index is 0.120. The molecule has 49 heavy (non-hydrogen) atoms. The zero-order valence-corrected chi connectivity index (χ0v) is 28.4. The van der Waals surface area contributed by atoms with Gasteiger partial charge in [0.1, 0.15) is 0 Å². The Morgan fingerprint density at radius 1 is 0.816 bits per heavy atom. The van der Waals surface area contributed by atoms with Gasteiger partial charge in [-0.1, -0.05) is 0 Å². The monoisotopic (exact) mass is 671 g/mol. The fraction of sp³-hybridized carbons (Fsp3) is 0.485. The van der Waals surface area contributed by atoms with Crippen LogP contribution in [0.4, 0.5) is 11.9 Å². The van der Waals surface area contributed by atoms with Crippen LogP contribution in [0.25, 0.3) is 22.8 Å². The van der Waals surface area contributed by atoms with Crippen molar-refractivity contribution >= 4 is 29.7 Å². The van der Waals surface area contributed by atoms with E-state index < -0.39 is 11.9 Å². The number of fused-ring (bicyclic) bond motifs is 6. The Morgan fingerprint density at radius 2 is 1.33 bits per heavy atom. The molecular formula is C33H41N11O5. The van der Waals surface area contributed by atoms with Gasteiger partial charge in [-0.25, -0.2) is 29.5 Å². The van der Waals surface area contributed by atoms with E-state index in [1.807, 2.05) is 18.1 Å². The van der Waals surface area contributed by atoms with Crippen molar-refractivity contribution in [1.29, 1.82) is 0 Å². The van der Waals surface area contributed by atoms with E-state index in [2.05, 4.69) is 30.5 Å². The van der Waals surface area contributed by atoms with Gasteiger partial charge in [-0.2, -0.15) is 10.2 Å². The van der Waals surface area contributed by atoms with Crippen LogP contribution in [0.3, 0.4) is 0 Å². The molecule has 3 N–H and O–H groups in total. The smallest absolute Gasteiger partial charge is 0.359 e. The second-order valence-corrected chi connectivity index (χ2v) is 12.1. The summed E-state index contributed by atoms with van der Waals surface area (Å²) < 4.78 is 13.6. The summed E-state index contributed by atoms with van der Waals surface area (Å²) in [6.07, 6.45) is 8.28. The number of rotatable bonds is 6. The molecule has 0 bridgehead atoms. The van der Waals surface area contributed by atoms with Gasteiger partial charge < -0.3 is 25.4 Å². The Balaban J connectivity index is 0.000000182. The maximum atomic E-state index is 12.3. The highest BCUT2D eigenvalue weighted by Crippen LogP contribution is 2.35. The Labute approximate surface area is 283 Å². The van der Waals surface area contributed by atoms with Gasteiger partial charge in [0.05, 0.1) is 36.0 Å². The summed E-state index contributed by atoms with van der Waals surface area (Å²) >= 11 is 0. The number of nitrogens with one attached hydrogen (secondary N) is 1. The third-order valence-electron chi connectivity index (χ3n) is 8.99. The minimum atomic E-state index is -0.394. The SMILES string of the molecule is CCOC(=O)c1nn(C)c2c1CCc1cnc(N)nc1-2.CCOC(=O)c1nn(C)c2c1CCc1cnc(NC3CCN(C(C)=O)CC3)nc1-2. The molecule has 16 heteroatoms. The first-order chi connectivity index (χ1) is 23.6. The number of hydrogen-bond donors (Lipinski definition) is 2. The van der Waals surface area contributed by atoms with Gasteiger partial charge in [-0.05, 0) is 63.5 Å². The van der Waals surface area contributed by atoms with E-state index in [0.717, 1.165) is 90.2 Å². The summed E-state index contributed by atoms with van der Waals surface area (Å²) in [5.41, 5.74) is 13.5. The molecule has 0 radical (unpaired) electrons. The summed E-state index contributed by atoms with van der Waals surface area (Å²) in [5.74, 6) is 0.120. The number of nitrogen functional groups attached to an aromatic ring is 1. The molecule has 1 saturated heterocycles. The molecular weight excluding hydrogens is 630 g/mol. The number of esters is 2. The van der Waals surface area contributed by atoms with Crippen LogP contribution in [0.1, 0.15) is 76.8 Å². The molecule has 16 nitrogen and oxygen atoms in total. The largest absolute Gasteiger partial charge is 0.461 e. The second-order valence-electron chi connectivity index (χ2n) is 12.1. The fourth-order valence-electron chi connectivity index (χ4n) is 6.64. The summed E-state index contributed by atoms with van der Waals surface area (Å²) in [5, 5.41) is 12.1. The number of carbonyl (C=O) groups is 3. The summed E-state index contributed by atoms with van der Waals surface area (Å²) in [6, 6.07) is 0.230. The molecule has 0 spiro atoms. The number of amides is 1. The topological polar surface area (TPSA) is 198 Å². The predicted octanol–water partition coefficient (Wildman–Crippen LogP) is 2.31. The van der Waals surface area contributed by atoms with E-state index >= 15 is 0 Å². The van der Waals surface area contributed by atoms with Gasteiger partial charge >= 0.3 is 11.9 Å². The number of aromatic nitrogens is 8. The second kappa shape index (κ2) is 14.0. The molecule has 0 aromatic carbocycles. The standard InChI is InChI=1S/C20H26N6O3.C13H15N5O2/c1-4-29-19(28)17-15-6-5-13-11-21-20(23-16(13)18(15)25(3)24-17)22-14-7-9-26(10-8-14)12(2)27;1-3-20-12(19)10-8-5-4-7-6-15-13(14)16-9(7)11(8)18(2)17-10/h11,14H,4-10H2,1-3H3,(H,21,22,23);6H,3-5H2,1-2H3,(H2,14,15,16). The fourth-order valence-corrected chi connectivity index (χ4v) is 6.64. The van der Waals surface area contributed by atoms with E-state index in [9.17, 15) is 14.4 Å². The van der Waals surface area contributed by atoms with E-state index in [1.54, 1.807) is 43.4 Å². The highest BCUT2D eigenvalue weighted by Gasteiger charge is 2.31. The van der Waals surface area contributed by atoms with Gasteiger partial charge in [0.15, 0.2) is 11.4 Å². The molecule has 5 heterocycles. The van der Waals surface area contributed by atoms with Gasteiger partial charge in [-0.15, -0.1) is 0 Å². The highest BCUT2D eigenvalue weighted by atomic mass is 16.5. The van der Waals surface area contributed by atoms with Crippen molar-refractivity contribution in [2.24, 2.45) is 14.1 Å². The lowest BCUT2D eigenvalue weighted by molar-refractivity contribution is -0.129. The number of likely N-dealkylation sites (tertiary alicyclic amines) is 1. The first kappa shape index (κ1) is 33.5. The molecule has 0 unspecified atom stereocenters. The van der Waals surface area contributed by atoms with Crippen LogP contribution in [-0.4, -0.2) is 94.6 Å². The predicted molar refractivity (Wildman–Crippen MR) is 179 cm³/mol. The Kier molecular flexibility index (Phi) is 9.56. The van der Waals surface area contributed by atoms with Crippen LogP contribution >= 0.6 is 0 Å². The average molecular weight is 672 g/mol. The lowest BCUT2D eigenvalue weighted by Gasteiger charge is -2.31. The third-order valence-corrected chi connectivity index (χ3v) is 8.99. The van der Waals surface area contributed by atoms with Crippen LogP contribution in [0.5, 0.6) is 0 Å². The Morgan fingerprint density at radius 3 is 1.84 bits per heavy atom. The van der Waals surface area contributed by atoms with E-state index in [-0.39, 0.29) is 17.9 Å². The minimum Gasteiger partial charge on any atom is -0.461 e. The van der Waals surface area contributed by atoms with Crippen LogP contribution in [0, 0.1) is 0 Å². The van der Waals surface area contributed by atoms with Gasteiger partial charge in [0.25, 0.3) is 0 Å². The number of aryl methyl sites for hydroxylation is 4. The van der Waals surface area contributed by atoms with Crippen molar-refractivity contribution in [1.82, 2.24) is 44.4 Å². The molecule has 3 aliphatic rings. The molecule has 2 aliphatic carbocycles. The maximum Gasteiger partial charge on any atom is 0.359 e. The first-order valence-electron chi connectivity index (χ1n) is 16.6. The molecule has 258 valence electrons. The quantitative estimate of drug-likeness (QED) is 0.284. The molecule has 4 aromatic rings. The van der Waals surface area contributed by atoms with E-state index in [4.69, 9.17) is 20.2 Å². The highest BCUT2D eigenvalue weighted by molar-refractivity contribution is 5.92. The number of anilines is 2. The summed E-state index contributed by atoms with van der Waals surface area (Å²) in [6.45, 7) is 7.30. The van der Waals surface area contributed by atoms with E-state index in [1.165, 1.54) is 0 Å². The van der Waals surface area contributed by atoms with Gasteiger partial charge in [-0.3, -0.25) is 14.2 Å². The Bertz CT molecular complexity index is 1910. The number of carbonyl (C=O) groups excluding carboxylic acids is 3. The van der Waals surface area contributed by atoms with Crippen molar-refractivity contribution in [2.45, 2.75) is 65.3 Å². The molecule has 1 amide bonds. The zero-order valence-electron chi connectivity index (χ0n) is 28.4. The number of nitrogens with two attached hydrogens (primary N) is 1. The third kappa shape index (κ3) is 6.67. The number of nitrogens with zero attached hydrogens (tertiary/aromatic N) is 9. The van der Waals surface area contributed by atoms with Crippen LogP contribution in [-0.2, 0) is 54.0 Å². The van der Waals surface area contributed by atoms with Crippen molar-refractivity contribution in [3.8, 4) is 22.8 Å². The molecule has 4 aromatic heterocycles. The van der Waals surface area contributed by atoms with Gasteiger partial charge in [0, 0.05) is 63.7 Å². The number of piperidine rings is 1. The maximum absolute atomic E-state index is 12.3. The molecule has 0 atom stereocenters. The van der Waals surface area contributed by atoms with Crippen LogP contribution in [0.2, 0.25) is 0 Å². The lowest BCUT2D eigenvalue weighted by Crippen LogP contribution is -2.41. The zero-order chi connectivity index (χ0) is 34.8. The summed E-state index contributed by atoms with van der Waals surface area (Å²) in [7, 11) is 3.61. The Hall–Kier alpha value is -5.41. The van der Waals surface area contributed by atoms with Crippen molar-refractivity contribution < 1.29 is 23.9 Å². The normalized spacial score (nSPS) is 14.8. The van der Waals surface area contributed by atoms with Crippen molar-refractivity contribution in [3.05, 3.63) is 46.0 Å². The average Bonchev–Trinajstić information content (AvgIpc) is 3.62. The van der Waals surface area contributed by atoms with Crippen molar-refractivity contribution in [2.75, 3.05) is 37.4 Å². The lowest BCUT2D eigenvalue weighted by atomic mass is 9.93. The van der Waals surface area contributed by atoms with Crippen LogP contribution < -0.4 is 11.1 Å². The number of ether oxygens (including phenoxy) is 2. The molecule has 1 aliphatic heterocycles.